The number of nitrogens with zero attached hydrogens (tertiary/aromatic N) is 4. The molecule has 1 amide bonds. The van der Waals surface area contributed by atoms with Gasteiger partial charge in [0.25, 0.3) is 0 Å². The molecule has 31 heavy (non-hydrogen) atoms. The summed E-state index contributed by atoms with van der Waals surface area (Å²) in [6.07, 6.45) is 2.24. The number of hydrogen-bond donors (Lipinski definition) is 1. The number of carbonyl (C=O) groups excluding carboxylic acids is 2. The minimum absolute atomic E-state index is 0.0144. The Labute approximate surface area is 193 Å². The van der Waals surface area contributed by atoms with Crippen molar-refractivity contribution >= 4 is 52.3 Å². The molecule has 0 saturated carbocycles. The second kappa shape index (κ2) is 9.84. The molecule has 3 heterocycles. The first kappa shape index (κ1) is 21.9. The highest BCUT2D eigenvalue weighted by Crippen LogP contribution is 2.32. The number of thioether (sulfide) groups is 1. The van der Waals surface area contributed by atoms with Crippen molar-refractivity contribution < 1.29 is 9.59 Å². The van der Waals surface area contributed by atoms with Crippen LogP contribution in [0.5, 0.6) is 0 Å². The minimum atomic E-state index is -0.0930. The number of aromatic nitrogens is 3. The van der Waals surface area contributed by atoms with Crippen molar-refractivity contribution in [1.29, 1.82) is 0 Å². The van der Waals surface area contributed by atoms with Crippen molar-refractivity contribution in [2.45, 2.75) is 31.5 Å². The molecule has 1 aliphatic heterocycles. The fourth-order valence-corrected chi connectivity index (χ4v) is 5.38. The van der Waals surface area contributed by atoms with Crippen LogP contribution < -0.4 is 10.2 Å². The van der Waals surface area contributed by atoms with Crippen LogP contribution in [0.3, 0.4) is 0 Å². The maximum Gasteiger partial charge on any atom is 0.232 e. The van der Waals surface area contributed by atoms with Gasteiger partial charge >= 0.3 is 0 Å². The van der Waals surface area contributed by atoms with E-state index >= 15 is 0 Å². The number of carbonyl (C=O) groups is 2. The first-order valence-corrected chi connectivity index (χ1v) is 12.2. The van der Waals surface area contributed by atoms with E-state index in [9.17, 15) is 9.59 Å². The summed E-state index contributed by atoms with van der Waals surface area (Å²) in [5.41, 5.74) is 0.805. The van der Waals surface area contributed by atoms with Crippen LogP contribution in [-0.4, -0.2) is 45.3 Å². The third-order valence-electron chi connectivity index (χ3n) is 4.88. The van der Waals surface area contributed by atoms with Gasteiger partial charge in [0.05, 0.1) is 27.9 Å². The Morgan fingerprint density at radius 3 is 2.68 bits per heavy atom. The molecule has 0 unspecified atom stereocenters. The van der Waals surface area contributed by atoms with Crippen LogP contribution in [0.2, 0.25) is 5.02 Å². The SMILES string of the molecule is CC(=O)NCc1ccc(C(=O)CSc2nnc(N3CCCC3)n2-c2ccccc2Cl)s1. The molecule has 10 heteroatoms. The molecule has 1 aromatic carbocycles. The molecule has 0 spiro atoms. The number of para-hydroxylation sites is 1. The lowest BCUT2D eigenvalue weighted by molar-refractivity contribution is -0.119. The zero-order valence-corrected chi connectivity index (χ0v) is 19.4. The third kappa shape index (κ3) is 5.11. The predicted octanol–water partition coefficient (Wildman–Crippen LogP) is 4.19. The van der Waals surface area contributed by atoms with E-state index in [2.05, 4.69) is 20.4 Å². The van der Waals surface area contributed by atoms with Crippen LogP contribution in [-0.2, 0) is 11.3 Å². The number of thiophene rings is 1. The lowest BCUT2D eigenvalue weighted by Gasteiger charge is -2.19. The first-order valence-electron chi connectivity index (χ1n) is 9.97. The normalized spacial score (nSPS) is 13.5. The quantitative estimate of drug-likeness (QED) is 0.388. The van der Waals surface area contributed by atoms with Gasteiger partial charge in [0.2, 0.25) is 11.9 Å². The highest BCUT2D eigenvalue weighted by Gasteiger charge is 2.24. The number of amides is 1. The smallest absolute Gasteiger partial charge is 0.232 e. The largest absolute Gasteiger partial charge is 0.351 e. The molecule has 3 aromatic rings. The van der Waals surface area contributed by atoms with Gasteiger partial charge in [-0.3, -0.25) is 14.2 Å². The number of benzene rings is 1. The molecular weight excluding hydrogens is 454 g/mol. The van der Waals surface area contributed by atoms with E-state index in [1.165, 1.54) is 30.0 Å². The van der Waals surface area contributed by atoms with Crippen LogP contribution >= 0.6 is 34.7 Å². The molecule has 0 bridgehead atoms. The van der Waals surface area contributed by atoms with Gasteiger partial charge in [-0.15, -0.1) is 21.5 Å². The first-order chi connectivity index (χ1) is 15.0. The summed E-state index contributed by atoms with van der Waals surface area (Å²) in [6.45, 7) is 3.76. The van der Waals surface area contributed by atoms with Crippen LogP contribution in [0.25, 0.3) is 5.69 Å². The van der Waals surface area contributed by atoms with Gasteiger partial charge in [-0.1, -0.05) is 35.5 Å². The van der Waals surface area contributed by atoms with E-state index in [1.807, 2.05) is 34.9 Å². The van der Waals surface area contributed by atoms with E-state index < -0.39 is 0 Å². The molecule has 1 saturated heterocycles. The predicted molar refractivity (Wildman–Crippen MR) is 125 cm³/mol. The average molecular weight is 476 g/mol. The highest BCUT2D eigenvalue weighted by molar-refractivity contribution is 7.99. The fraction of sp³-hybridized carbons (Fsp3) is 0.333. The maximum absolute atomic E-state index is 12.8. The standard InChI is InChI=1S/C21H22ClN5O2S2/c1-14(28)23-12-15-8-9-19(31-15)18(29)13-30-21-25-24-20(26-10-4-5-11-26)27(21)17-7-3-2-6-16(17)22/h2-3,6-9H,4-5,10-13H2,1H3,(H,23,28). The molecular formula is C21H22ClN5O2S2. The number of hydrogen-bond acceptors (Lipinski definition) is 7. The average Bonchev–Trinajstić information content (AvgIpc) is 3.51. The van der Waals surface area contributed by atoms with Gasteiger partial charge in [0, 0.05) is 24.9 Å². The van der Waals surface area contributed by atoms with Gasteiger partial charge < -0.3 is 10.2 Å². The van der Waals surface area contributed by atoms with E-state index in [-0.39, 0.29) is 17.4 Å². The number of rotatable bonds is 8. The van der Waals surface area contributed by atoms with Gasteiger partial charge in [-0.2, -0.15) is 0 Å². The number of ketones is 1. The molecule has 162 valence electrons. The Bertz CT molecular complexity index is 1090. The lowest BCUT2D eigenvalue weighted by Crippen LogP contribution is -2.22. The highest BCUT2D eigenvalue weighted by atomic mass is 35.5. The maximum atomic E-state index is 12.8. The van der Waals surface area contributed by atoms with Gasteiger partial charge in [-0.05, 0) is 37.1 Å². The minimum Gasteiger partial charge on any atom is -0.351 e. The Morgan fingerprint density at radius 2 is 1.94 bits per heavy atom. The third-order valence-corrected chi connectivity index (χ3v) is 7.25. The summed E-state index contributed by atoms with van der Waals surface area (Å²) in [7, 11) is 0. The van der Waals surface area contributed by atoms with Crippen molar-refractivity contribution in [1.82, 2.24) is 20.1 Å². The number of nitrogens with one attached hydrogen (secondary N) is 1. The molecule has 0 atom stereocenters. The van der Waals surface area contributed by atoms with Gasteiger partial charge in [0.1, 0.15) is 0 Å². The van der Waals surface area contributed by atoms with Crippen molar-refractivity contribution in [2.75, 3.05) is 23.7 Å². The van der Waals surface area contributed by atoms with Gasteiger partial charge in [-0.25, -0.2) is 0 Å². The number of Topliss-reactive ketones (excluding diaryl/α,β-unsaturated/α-hetero) is 1. The zero-order chi connectivity index (χ0) is 21.8. The molecule has 1 fully saturated rings. The Kier molecular flexibility index (Phi) is 6.94. The van der Waals surface area contributed by atoms with E-state index in [1.54, 1.807) is 6.07 Å². The summed E-state index contributed by atoms with van der Waals surface area (Å²) in [5.74, 6) is 0.919. The number of anilines is 1. The van der Waals surface area contributed by atoms with Crippen molar-refractivity contribution in [3.05, 3.63) is 51.2 Å². The molecule has 2 aromatic heterocycles. The van der Waals surface area contributed by atoms with Crippen LogP contribution in [0, 0.1) is 0 Å². The molecule has 0 radical (unpaired) electrons. The second-order valence-corrected chi connectivity index (χ2v) is 9.67. The molecule has 4 rings (SSSR count). The Morgan fingerprint density at radius 1 is 1.16 bits per heavy atom. The van der Waals surface area contributed by atoms with Crippen molar-refractivity contribution in [3.8, 4) is 5.69 Å². The van der Waals surface area contributed by atoms with E-state index in [4.69, 9.17) is 11.6 Å². The van der Waals surface area contributed by atoms with Crippen LogP contribution in [0.1, 0.15) is 34.3 Å². The fourth-order valence-electron chi connectivity index (χ4n) is 3.36. The van der Waals surface area contributed by atoms with E-state index in [0.29, 0.717) is 21.6 Å². The summed E-state index contributed by atoms with van der Waals surface area (Å²) >= 11 is 9.23. The molecule has 0 aliphatic carbocycles. The Balaban J connectivity index is 1.53. The second-order valence-electron chi connectivity index (χ2n) is 7.15. The van der Waals surface area contributed by atoms with Crippen molar-refractivity contribution in [2.24, 2.45) is 0 Å². The van der Waals surface area contributed by atoms with E-state index in [0.717, 1.165) is 42.4 Å². The Hall–Kier alpha value is -2.36. The summed E-state index contributed by atoms with van der Waals surface area (Å²) in [5, 5.41) is 12.8. The monoisotopic (exact) mass is 475 g/mol. The summed E-state index contributed by atoms with van der Waals surface area (Å²) in [6, 6.07) is 11.3. The molecule has 7 nitrogen and oxygen atoms in total. The summed E-state index contributed by atoms with van der Waals surface area (Å²) in [4.78, 5) is 27.6. The van der Waals surface area contributed by atoms with Crippen LogP contribution in [0.15, 0.2) is 41.6 Å². The van der Waals surface area contributed by atoms with Gasteiger partial charge in [0.15, 0.2) is 10.9 Å². The molecule has 1 N–H and O–H groups in total. The van der Waals surface area contributed by atoms with Crippen molar-refractivity contribution in [3.63, 3.8) is 0 Å². The lowest BCUT2D eigenvalue weighted by atomic mass is 10.3. The summed E-state index contributed by atoms with van der Waals surface area (Å²) < 4.78 is 1.95. The van der Waals surface area contributed by atoms with Crippen LogP contribution in [0.4, 0.5) is 5.95 Å². The topological polar surface area (TPSA) is 80.1 Å². The molecule has 1 aliphatic rings. The zero-order valence-electron chi connectivity index (χ0n) is 17.0. The number of halogens is 1.